The summed E-state index contributed by atoms with van der Waals surface area (Å²) in [6, 6.07) is 27.3. The molecule has 4 rings (SSSR count). The van der Waals surface area contributed by atoms with Crippen molar-refractivity contribution in [1.82, 2.24) is 15.2 Å². The third-order valence-corrected chi connectivity index (χ3v) is 5.42. The summed E-state index contributed by atoms with van der Waals surface area (Å²) in [6.45, 7) is 0. The fourth-order valence-electron chi connectivity index (χ4n) is 2.83. The minimum absolute atomic E-state index is 0.0743. The van der Waals surface area contributed by atoms with Crippen molar-refractivity contribution in [1.29, 1.82) is 0 Å². The van der Waals surface area contributed by atoms with E-state index in [-0.39, 0.29) is 11.2 Å². The number of rotatable bonds is 6. The maximum absolute atomic E-state index is 13.1. The van der Waals surface area contributed by atoms with Gasteiger partial charge in [-0.3, -0.25) is 9.89 Å². The molecule has 1 unspecified atom stereocenters. The molecule has 0 aliphatic heterocycles. The Morgan fingerprint density at radius 2 is 1.68 bits per heavy atom. The van der Waals surface area contributed by atoms with E-state index in [2.05, 4.69) is 20.5 Å². The van der Waals surface area contributed by atoms with Crippen molar-refractivity contribution < 1.29 is 4.79 Å². The van der Waals surface area contributed by atoms with Gasteiger partial charge < -0.3 is 5.32 Å². The SMILES string of the molecule is O=C(Nc1cccc(-c2ncn[nH]2)c1)C(Sc1ccccc1)c1ccccc1. The fourth-order valence-corrected chi connectivity index (χ4v) is 3.88. The summed E-state index contributed by atoms with van der Waals surface area (Å²) in [5.74, 6) is 0.587. The second kappa shape index (κ2) is 8.54. The molecule has 138 valence electrons. The van der Waals surface area contributed by atoms with Gasteiger partial charge in [-0.2, -0.15) is 5.10 Å². The molecule has 0 aliphatic carbocycles. The standard InChI is InChI=1S/C22H18N4OS/c27-22(25-18-11-7-10-17(14-18)21-23-15-24-26-21)20(16-8-3-1-4-9-16)28-19-12-5-2-6-13-19/h1-15,20H,(H,25,27)(H,23,24,26). The highest BCUT2D eigenvalue weighted by atomic mass is 32.2. The Hall–Kier alpha value is -3.38. The third kappa shape index (κ3) is 4.29. The number of hydrogen-bond acceptors (Lipinski definition) is 4. The van der Waals surface area contributed by atoms with E-state index in [1.807, 2.05) is 84.9 Å². The van der Waals surface area contributed by atoms with Crippen molar-refractivity contribution in [3.63, 3.8) is 0 Å². The van der Waals surface area contributed by atoms with E-state index in [0.29, 0.717) is 11.5 Å². The molecule has 0 bridgehead atoms. The van der Waals surface area contributed by atoms with Gasteiger partial charge in [0.1, 0.15) is 11.6 Å². The summed E-state index contributed by atoms with van der Waals surface area (Å²) >= 11 is 1.53. The maximum atomic E-state index is 13.1. The Kier molecular flexibility index (Phi) is 5.49. The zero-order chi connectivity index (χ0) is 19.2. The van der Waals surface area contributed by atoms with Gasteiger partial charge in [-0.25, -0.2) is 4.98 Å². The molecule has 6 heteroatoms. The Balaban J connectivity index is 1.58. The van der Waals surface area contributed by atoms with Crippen molar-refractivity contribution >= 4 is 23.4 Å². The summed E-state index contributed by atoms with van der Waals surface area (Å²) in [5, 5.41) is 9.39. The Bertz CT molecular complexity index is 1040. The molecule has 1 aromatic heterocycles. The first kappa shape index (κ1) is 18.0. The lowest BCUT2D eigenvalue weighted by molar-refractivity contribution is -0.115. The molecule has 0 radical (unpaired) electrons. The summed E-state index contributed by atoms with van der Waals surface area (Å²) in [6.07, 6.45) is 1.46. The first-order chi connectivity index (χ1) is 13.8. The van der Waals surface area contributed by atoms with E-state index in [4.69, 9.17) is 0 Å². The van der Waals surface area contributed by atoms with Gasteiger partial charge >= 0.3 is 0 Å². The molecular weight excluding hydrogens is 368 g/mol. The minimum Gasteiger partial charge on any atom is -0.325 e. The zero-order valence-corrected chi connectivity index (χ0v) is 15.8. The van der Waals surface area contributed by atoms with Gasteiger partial charge in [-0.1, -0.05) is 60.7 Å². The Morgan fingerprint density at radius 3 is 2.39 bits per heavy atom. The lowest BCUT2D eigenvalue weighted by Crippen LogP contribution is -2.19. The van der Waals surface area contributed by atoms with E-state index in [9.17, 15) is 4.79 Å². The van der Waals surface area contributed by atoms with E-state index in [0.717, 1.165) is 16.0 Å². The molecule has 1 atom stereocenters. The topological polar surface area (TPSA) is 70.7 Å². The summed E-state index contributed by atoms with van der Waals surface area (Å²) in [7, 11) is 0. The van der Waals surface area contributed by atoms with Crippen LogP contribution in [0.5, 0.6) is 0 Å². The number of thioether (sulfide) groups is 1. The number of H-pyrrole nitrogens is 1. The highest BCUT2D eigenvalue weighted by Crippen LogP contribution is 2.36. The van der Waals surface area contributed by atoms with Crippen LogP contribution in [-0.2, 0) is 4.79 Å². The van der Waals surface area contributed by atoms with Crippen molar-refractivity contribution in [3.8, 4) is 11.4 Å². The van der Waals surface area contributed by atoms with Crippen LogP contribution >= 0.6 is 11.8 Å². The van der Waals surface area contributed by atoms with Crippen LogP contribution in [0, 0.1) is 0 Å². The van der Waals surface area contributed by atoms with Crippen LogP contribution in [-0.4, -0.2) is 21.1 Å². The summed E-state index contributed by atoms with van der Waals surface area (Å²) in [4.78, 5) is 18.4. The first-order valence-corrected chi connectivity index (χ1v) is 9.71. The average molecular weight is 386 g/mol. The second-order valence-corrected chi connectivity index (χ2v) is 7.30. The predicted octanol–water partition coefficient (Wildman–Crippen LogP) is 4.94. The number of nitrogens with zero attached hydrogens (tertiary/aromatic N) is 2. The van der Waals surface area contributed by atoms with Gasteiger partial charge in [0, 0.05) is 16.1 Å². The number of carbonyl (C=O) groups is 1. The molecule has 1 amide bonds. The number of hydrogen-bond donors (Lipinski definition) is 2. The molecule has 2 N–H and O–H groups in total. The van der Waals surface area contributed by atoms with Gasteiger partial charge in [-0.15, -0.1) is 11.8 Å². The molecule has 0 aliphatic rings. The normalized spacial score (nSPS) is 11.7. The number of benzene rings is 3. The second-order valence-electron chi connectivity index (χ2n) is 6.13. The molecule has 4 aromatic rings. The van der Waals surface area contributed by atoms with Crippen molar-refractivity contribution in [2.75, 3.05) is 5.32 Å². The molecule has 1 heterocycles. The zero-order valence-electron chi connectivity index (χ0n) is 14.9. The minimum atomic E-state index is -0.363. The van der Waals surface area contributed by atoms with Crippen LogP contribution in [0.3, 0.4) is 0 Å². The van der Waals surface area contributed by atoms with Gasteiger partial charge in [0.2, 0.25) is 5.91 Å². The average Bonchev–Trinajstić information content (AvgIpc) is 3.28. The number of amides is 1. The first-order valence-electron chi connectivity index (χ1n) is 8.83. The number of aromatic amines is 1. The van der Waals surface area contributed by atoms with Crippen LogP contribution in [0.15, 0.2) is 96.2 Å². The molecule has 5 nitrogen and oxygen atoms in total. The third-order valence-electron chi connectivity index (χ3n) is 4.16. The molecule has 0 saturated heterocycles. The predicted molar refractivity (Wildman–Crippen MR) is 112 cm³/mol. The van der Waals surface area contributed by atoms with Crippen molar-refractivity contribution in [2.24, 2.45) is 0 Å². The Labute approximate surface area is 167 Å². The van der Waals surface area contributed by atoms with E-state index < -0.39 is 0 Å². The number of carbonyl (C=O) groups excluding carboxylic acids is 1. The smallest absolute Gasteiger partial charge is 0.242 e. The van der Waals surface area contributed by atoms with Crippen LogP contribution in [0.2, 0.25) is 0 Å². The number of nitrogens with one attached hydrogen (secondary N) is 2. The van der Waals surface area contributed by atoms with E-state index in [1.54, 1.807) is 0 Å². The van der Waals surface area contributed by atoms with Gasteiger partial charge in [0.05, 0.1) is 0 Å². The molecule has 0 saturated carbocycles. The lowest BCUT2D eigenvalue weighted by Gasteiger charge is -2.17. The van der Waals surface area contributed by atoms with Crippen LogP contribution in [0.4, 0.5) is 5.69 Å². The molecule has 28 heavy (non-hydrogen) atoms. The lowest BCUT2D eigenvalue weighted by atomic mass is 10.1. The number of aromatic nitrogens is 3. The van der Waals surface area contributed by atoms with Crippen LogP contribution in [0.1, 0.15) is 10.8 Å². The van der Waals surface area contributed by atoms with E-state index >= 15 is 0 Å². The highest BCUT2D eigenvalue weighted by molar-refractivity contribution is 8.00. The number of anilines is 1. The quantitative estimate of drug-likeness (QED) is 0.460. The van der Waals surface area contributed by atoms with Crippen LogP contribution in [0.25, 0.3) is 11.4 Å². The van der Waals surface area contributed by atoms with Crippen molar-refractivity contribution in [3.05, 3.63) is 96.8 Å². The molecule has 0 fully saturated rings. The molecule has 3 aromatic carbocycles. The van der Waals surface area contributed by atoms with Gasteiger partial charge in [0.25, 0.3) is 0 Å². The van der Waals surface area contributed by atoms with Crippen LogP contribution < -0.4 is 5.32 Å². The van der Waals surface area contributed by atoms with Crippen molar-refractivity contribution in [2.45, 2.75) is 10.1 Å². The molecule has 0 spiro atoms. The molecular formula is C22H18N4OS. The maximum Gasteiger partial charge on any atom is 0.242 e. The fraction of sp³-hybridized carbons (Fsp3) is 0.0455. The van der Waals surface area contributed by atoms with Gasteiger partial charge in [-0.05, 0) is 29.8 Å². The Morgan fingerprint density at radius 1 is 0.929 bits per heavy atom. The summed E-state index contributed by atoms with van der Waals surface area (Å²) in [5.41, 5.74) is 2.54. The van der Waals surface area contributed by atoms with Gasteiger partial charge in [0.15, 0.2) is 5.82 Å². The monoisotopic (exact) mass is 386 g/mol. The largest absolute Gasteiger partial charge is 0.325 e. The van der Waals surface area contributed by atoms with E-state index in [1.165, 1.54) is 18.1 Å². The summed E-state index contributed by atoms with van der Waals surface area (Å²) < 4.78 is 0. The highest BCUT2D eigenvalue weighted by Gasteiger charge is 2.22.